The molecule has 0 aliphatic heterocycles. The molecule has 8 heteroatoms. The van der Waals surface area contributed by atoms with E-state index in [-0.39, 0.29) is 28.8 Å². The van der Waals surface area contributed by atoms with Crippen molar-refractivity contribution in [2.75, 3.05) is 6.54 Å². The van der Waals surface area contributed by atoms with Crippen molar-refractivity contribution in [3.63, 3.8) is 0 Å². The largest absolute Gasteiger partial charge is 0.505 e. The van der Waals surface area contributed by atoms with E-state index in [1.165, 1.54) is 12.1 Å². The van der Waals surface area contributed by atoms with Gasteiger partial charge >= 0.3 is 0 Å². The minimum absolute atomic E-state index is 0.0338. The number of rotatable bonds is 7. The van der Waals surface area contributed by atoms with Crippen LogP contribution < -0.4 is 10.6 Å². The lowest BCUT2D eigenvalue weighted by Gasteiger charge is -2.18. The van der Waals surface area contributed by atoms with Gasteiger partial charge in [-0.2, -0.15) is 5.26 Å². The third-order valence-electron chi connectivity index (χ3n) is 4.73. The summed E-state index contributed by atoms with van der Waals surface area (Å²) in [4.78, 5) is 25.4. The van der Waals surface area contributed by atoms with Crippen molar-refractivity contribution in [2.24, 2.45) is 0 Å². The van der Waals surface area contributed by atoms with Crippen LogP contribution in [0.2, 0.25) is 10.0 Å². The molecule has 0 aromatic heterocycles. The molecule has 0 saturated carbocycles. The van der Waals surface area contributed by atoms with Gasteiger partial charge in [-0.25, -0.2) is 0 Å². The lowest BCUT2D eigenvalue weighted by atomic mass is 10.0. The molecule has 0 aliphatic rings. The van der Waals surface area contributed by atoms with E-state index in [1.807, 2.05) is 48.5 Å². The second kappa shape index (κ2) is 10.7. The van der Waals surface area contributed by atoms with Crippen LogP contribution in [0.4, 0.5) is 0 Å². The molecule has 0 fully saturated rings. The summed E-state index contributed by atoms with van der Waals surface area (Å²) in [6.07, 6.45) is 0.0603. The van der Waals surface area contributed by atoms with Crippen molar-refractivity contribution in [1.29, 1.82) is 5.26 Å². The fourth-order valence-electron chi connectivity index (χ4n) is 3.12. The van der Waals surface area contributed by atoms with E-state index in [2.05, 4.69) is 10.6 Å². The zero-order chi connectivity index (χ0) is 23.1. The van der Waals surface area contributed by atoms with Gasteiger partial charge in [-0.05, 0) is 41.0 Å². The topological polar surface area (TPSA) is 102 Å². The molecule has 2 amide bonds. The molecular weight excluding hydrogens is 449 g/mol. The van der Waals surface area contributed by atoms with Crippen molar-refractivity contribution < 1.29 is 14.7 Å². The lowest BCUT2D eigenvalue weighted by Crippen LogP contribution is -2.48. The maximum Gasteiger partial charge on any atom is 0.251 e. The Morgan fingerprint density at radius 2 is 1.56 bits per heavy atom. The number of halogens is 2. The Kier molecular flexibility index (Phi) is 7.72. The van der Waals surface area contributed by atoms with Crippen molar-refractivity contribution in [2.45, 2.75) is 12.5 Å². The maximum absolute atomic E-state index is 12.8. The predicted octanol–water partition coefficient (Wildman–Crippen LogP) is 4.35. The van der Waals surface area contributed by atoms with Gasteiger partial charge in [0.2, 0.25) is 5.91 Å². The molecule has 3 aromatic rings. The molecule has 3 rings (SSSR count). The molecular formula is C24H19Cl2N3O3. The number of phenols is 1. The summed E-state index contributed by atoms with van der Waals surface area (Å²) in [5.74, 6) is -1.23. The summed E-state index contributed by atoms with van der Waals surface area (Å²) >= 11 is 11.9. The monoisotopic (exact) mass is 467 g/mol. The maximum atomic E-state index is 12.8. The van der Waals surface area contributed by atoms with Gasteiger partial charge in [0.25, 0.3) is 5.91 Å². The van der Waals surface area contributed by atoms with Crippen LogP contribution in [0.5, 0.6) is 5.75 Å². The molecule has 0 unspecified atom stereocenters. The average Bonchev–Trinajstić information content (AvgIpc) is 2.81. The Labute approximate surface area is 195 Å². The summed E-state index contributed by atoms with van der Waals surface area (Å²) in [7, 11) is 0. The summed E-state index contributed by atoms with van der Waals surface area (Å²) in [6.45, 7) is -0.200. The molecule has 0 saturated heterocycles. The lowest BCUT2D eigenvalue weighted by molar-refractivity contribution is -0.122. The fourth-order valence-corrected chi connectivity index (χ4v) is 3.65. The minimum atomic E-state index is -0.985. The smallest absolute Gasteiger partial charge is 0.251 e. The van der Waals surface area contributed by atoms with Crippen LogP contribution in [-0.4, -0.2) is 29.5 Å². The highest BCUT2D eigenvalue weighted by Crippen LogP contribution is 2.33. The number of carbonyl (C=O) groups excluding carboxylic acids is 2. The average molecular weight is 468 g/mol. The quantitative estimate of drug-likeness (QED) is 0.449. The summed E-state index contributed by atoms with van der Waals surface area (Å²) in [5, 5.41) is 23.7. The second-order valence-corrected chi connectivity index (χ2v) is 7.77. The molecule has 0 aliphatic carbocycles. The van der Waals surface area contributed by atoms with E-state index < -0.39 is 17.9 Å². The molecule has 162 valence electrons. The predicted molar refractivity (Wildman–Crippen MR) is 124 cm³/mol. The Morgan fingerprint density at radius 3 is 2.16 bits per heavy atom. The van der Waals surface area contributed by atoms with E-state index in [4.69, 9.17) is 28.5 Å². The van der Waals surface area contributed by atoms with Crippen molar-refractivity contribution >= 4 is 35.0 Å². The Balaban J connectivity index is 1.78. The Morgan fingerprint density at radius 1 is 0.969 bits per heavy atom. The third-order valence-corrected chi connectivity index (χ3v) is 5.31. The molecule has 32 heavy (non-hydrogen) atoms. The minimum Gasteiger partial charge on any atom is -0.505 e. The normalized spacial score (nSPS) is 11.3. The number of amides is 2. The van der Waals surface area contributed by atoms with Gasteiger partial charge in [-0.15, -0.1) is 0 Å². The van der Waals surface area contributed by atoms with Crippen molar-refractivity contribution in [3.8, 4) is 22.9 Å². The molecule has 0 heterocycles. The highest BCUT2D eigenvalue weighted by atomic mass is 35.5. The van der Waals surface area contributed by atoms with Crippen molar-refractivity contribution in [1.82, 2.24) is 10.6 Å². The van der Waals surface area contributed by atoms with E-state index in [9.17, 15) is 14.7 Å². The van der Waals surface area contributed by atoms with Crippen molar-refractivity contribution in [3.05, 3.63) is 87.9 Å². The standard InChI is InChI=1S/C24H19Cl2N3O3/c25-19-12-15(13-20(26)22(19)30)14-21(24(32)28-11-10-27)29-23(31)18-8-6-17(7-9-18)16-4-2-1-3-5-16/h1-9,12-13,21,30H,11,14H2,(H,28,32)(H,29,31)/t21-/m0/s1. The molecule has 0 spiro atoms. The van der Waals surface area contributed by atoms with Crippen LogP contribution in [0, 0.1) is 11.3 Å². The van der Waals surface area contributed by atoms with Gasteiger partial charge in [-0.1, -0.05) is 65.7 Å². The van der Waals surface area contributed by atoms with Gasteiger partial charge in [0.15, 0.2) is 5.75 Å². The number of aromatic hydroxyl groups is 1. The zero-order valence-electron chi connectivity index (χ0n) is 16.8. The number of hydrogen-bond donors (Lipinski definition) is 3. The van der Waals surface area contributed by atoms with Crippen LogP contribution in [0.25, 0.3) is 11.1 Å². The second-order valence-electron chi connectivity index (χ2n) is 6.96. The number of hydrogen-bond acceptors (Lipinski definition) is 4. The number of phenolic OH excluding ortho intramolecular Hbond substituents is 1. The highest BCUT2D eigenvalue weighted by molar-refractivity contribution is 6.37. The van der Waals surface area contributed by atoms with E-state index in [0.717, 1.165) is 11.1 Å². The first-order valence-corrected chi connectivity index (χ1v) is 10.4. The molecule has 6 nitrogen and oxygen atoms in total. The Bertz CT molecular complexity index is 1140. The first-order valence-electron chi connectivity index (χ1n) is 9.67. The van der Waals surface area contributed by atoms with Gasteiger partial charge < -0.3 is 15.7 Å². The van der Waals surface area contributed by atoms with E-state index >= 15 is 0 Å². The van der Waals surface area contributed by atoms with Gasteiger partial charge in [0.05, 0.1) is 16.1 Å². The van der Waals surface area contributed by atoms with E-state index in [1.54, 1.807) is 12.1 Å². The first kappa shape index (κ1) is 23.1. The zero-order valence-corrected chi connectivity index (χ0v) is 18.3. The SMILES string of the molecule is N#CCNC(=O)[C@H](Cc1cc(Cl)c(O)c(Cl)c1)NC(=O)c1ccc(-c2ccccc2)cc1. The molecule has 0 radical (unpaired) electrons. The van der Waals surface area contributed by atoms with Gasteiger partial charge in [0.1, 0.15) is 12.6 Å². The third kappa shape index (κ3) is 5.79. The molecule has 3 aromatic carbocycles. The number of nitrogens with zero attached hydrogens (tertiary/aromatic N) is 1. The molecule has 1 atom stereocenters. The van der Waals surface area contributed by atoms with Gasteiger partial charge in [0, 0.05) is 12.0 Å². The number of carbonyl (C=O) groups is 2. The van der Waals surface area contributed by atoms with Crippen LogP contribution in [0.3, 0.4) is 0 Å². The van der Waals surface area contributed by atoms with Crippen LogP contribution in [0.15, 0.2) is 66.7 Å². The first-order chi connectivity index (χ1) is 15.4. The van der Waals surface area contributed by atoms with Crippen LogP contribution in [0.1, 0.15) is 15.9 Å². The molecule has 3 N–H and O–H groups in total. The number of benzene rings is 3. The van der Waals surface area contributed by atoms with Crippen LogP contribution >= 0.6 is 23.2 Å². The summed E-state index contributed by atoms with van der Waals surface area (Å²) in [6, 6.07) is 20.5. The molecule has 0 bridgehead atoms. The van der Waals surface area contributed by atoms with Gasteiger partial charge in [-0.3, -0.25) is 9.59 Å². The van der Waals surface area contributed by atoms with E-state index in [0.29, 0.717) is 11.1 Å². The summed E-state index contributed by atoms with van der Waals surface area (Å²) in [5.41, 5.74) is 2.90. The number of nitriles is 1. The highest BCUT2D eigenvalue weighted by Gasteiger charge is 2.23. The Hall–Kier alpha value is -3.53. The van der Waals surface area contributed by atoms with Crippen LogP contribution in [-0.2, 0) is 11.2 Å². The fraction of sp³-hybridized carbons (Fsp3) is 0.125. The summed E-state index contributed by atoms with van der Waals surface area (Å²) < 4.78 is 0. The number of nitrogens with one attached hydrogen (secondary N) is 2.